The number of ether oxygens (including phenoxy) is 2. The van der Waals surface area contributed by atoms with E-state index in [1.807, 2.05) is 0 Å². The molecule has 0 heterocycles. The number of hydrogen-bond donors (Lipinski definition) is 4. The molecule has 0 atom stereocenters. The molecule has 0 aliphatic rings. The first-order valence-corrected chi connectivity index (χ1v) is 8.20. The molecule has 0 fully saturated rings. The van der Waals surface area contributed by atoms with Crippen molar-refractivity contribution in [3.8, 4) is 0 Å². The maximum absolute atomic E-state index is 11.3. The van der Waals surface area contributed by atoms with E-state index in [0.29, 0.717) is 0 Å². The van der Waals surface area contributed by atoms with E-state index in [1.54, 1.807) is 41.5 Å². The van der Waals surface area contributed by atoms with Crippen LogP contribution in [0.2, 0.25) is 0 Å². The third kappa shape index (κ3) is 15.4. The van der Waals surface area contributed by atoms with Crippen molar-refractivity contribution in [2.24, 2.45) is 0 Å². The number of carbonyl (C=O) groups excluding carboxylic acids is 2. The number of rotatable bonds is 0. The van der Waals surface area contributed by atoms with Crippen LogP contribution in [0.5, 0.6) is 0 Å². The third-order valence-electron chi connectivity index (χ3n) is 1.54. The minimum Gasteiger partial charge on any atom is -0.444 e. The Morgan fingerprint density at radius 3 is 1.27 bits per heavy atom. The zero-order valence-corrected chi connectivity index (χ0v) is 15.8. The van der Waals surface area contributed by atoms with Gasteiger partial charge in [-0.2, -0.15) is 21.6 Å². The predicted molar refractivity (Wildman–Crippen MR) is 84.1 cm³/mol. The molecule has 0 rings (SSSR count). The van der Waals surface area contributed by atoms with Gasteiger partial charge in [0.25, 0.3) is 0 Å². The lowest BCUT2D eigenvalue weighted by Crippen LogP contribution is -2.46. The van der Waals surface area contributed by atoms with Crippen molar-refractivity contribution < 1.29 is 45.2 Å². The molecule has 0 bridgehead atoms. The Bertz CT molecular complexity index is 587. The van der Waals surface area contributed by atoms with E-state index in [4.69, 9.17) is 27.9 Å². The predicted octanol–water partition coefficient (Wildman–Crippen LogP) is 2.36. The maximum Gasteiger partial charge on any atom is 0.522 e. The summed E-state index contributed by atoms with van der Waals surface area (Å²) < 4.78 is 67.4. The van der Waals surface area contributed by atoms with E-state index in [9.17, 15) is 22.8 Å². The average molecular weight is 409 g/mol. The van der Waals surface area contributed by atoms with Crippen LogP contribution in [0.4, 0.5) is 22.8 Å². The molecule has 0 aromatic rings. The SMILES string of the molecule is CC(C)(C)OC(=O)NC(=N)NC(=O)OC(C)(C)C.O=S(=O)(O)C(F)(F)F. The molecule has 0 spiro atoms. The fourth-order valence-corrected chi connectivity index (χ4v) is 0.843. The Balaban J connectivity index is 0. The lowest BCUT2D eigenvalue weighted by atomic mass is 10.2. The van der Waals surface area contributed by atoms with Crippen LogP contribution in [0.1, 0.15) is 41.5 Å². The van der Waals surface area contributed by atoms with Gasteiger partial charge in [0.1, 0.15) is 11.2 Å². The largest absolute Gasteiger partial charge is 0.522 e. The number of halogens is 3. The van der Waals surface area contributed by atoms with Crippen LogP contribution in [0.3, 0.4) is 0 Å². The van der Waals surface area contributed by atoms with Gasteiger partial charge in [-0.05, 0) is 41.5 Å². The number of hydrogen-bond acceptors (Lipinski definition) is 7. The molecule has 154 valence electrons. The number of guanidine groups is 1. The molecule has 0 aromatic heterocycles. The Labute approximate surface area is 148 Å². The zero-order valence-electron chi connectivity index (χ0n) is 14.9. The number of carbonyl (C=O) groups is 2. The van der Waals surface area contributed by atoms with Crippen LogP contribution in [0.25, 0.3) is 0 Å². The second-order valence-corrected chi connectivity index (χ2v) is 7.96. The molecular formula is C12H22F3N3O7S. The molecule has 0 radical (unpaired) electrons. The van der Waals surface area contributed by atoms with E-state index in [2.05, 4.69) is 10.6 Å². The lowest BCUT2D eigenvalue weighted by molar-refractivity contribution is -0.0510. The van der Waals surface area contributed by atoms with Gasteiger partial charge >= 0.3 is 27.8 Å². The summed E-state index contributed by atoms with van der Waals surface area (Å²) in [5.41, 5.74) is -6.88. The molecule has 4 N–H and O–H groups in total. The molecule has 0 unspecified atom stereocenters. The first-order valence-electron chi connectivity index (χ1n) is 6.76. The Morgan fingerprint density at radius 2 is 1.12 bits per heavy atom. The third-order valence-corrected chi connectivity index (χ3v) is 2.13. The normalized spacial score (nSPS) is 12.2. The topological polar surface area (TPSA) is 155 Å². The minimum atomic E-state index is -5.84. The van der Waals surface area contributed by atoms with E-state index < -0.39 is 45.0 Å². The zero-order chi connectivity index (χ0) is 21.6. The molecule has 14 heteroatoms. The van der Waals surface area contributed by atoms with E-state index in [0.717, 1.165) is 0 Å². The highest BCUT2D eigenvalue weighted by molar-refractivity contribution is 7.86. The van der Waals surface area contributed by atoms with Gasteiger partial charge < -0.3 is 9.47 Å². The van der Waals surface area contributed by atoms with Gasteiger partial charge in [0.15, 0.2) is 0 Å². The van der Waals surface area contributed by atoms with Gasteiger partial charge in [0, 0.05) is 0 Å². The molecule has 0 aliphatic heterocycles. The number of alkyl carbamates (subject to hydrolysis) is 2. The molecule has 0 saturated carbocycles. The van der Waals surface area contributed by atoms with Gasteiger partial charge in [0.05, 0.1) is 0 Å². The van der Waals surface area contributed by atoms with E-state index >= 15 is 0 Å². The summed E-state index contributed by atoms with van der Waals surface area (Å²) in [5, 5.41) is 11.5. The first kappa shape index (κ1) is 26.1. The van der Waals surface area contributed by atoms with Crippen molar-refractivity contribution in [2.45, 2.75) is 58.3 Å². The highest BCUT2D eigenvalue weighted by atomic mass is 32.2. The highest BCUT2D eigenvalue weighted by Gasteiger charge is 2.44. The van der Waals surface area contributed by atoms with Crippen LogP contribution < -0.4 is 10.6 Å². The summed E-state index contributed by atoms with van der Waals surface area (Å²) in [5.74, 6) is -0.501. The quantitative estimate of drug-likeness (QED) is 0.207. The summed E-state index contributed by atoms with van der Waals surface area (Å²) in [6.07, 6.45) is -1.63. The van der Waals surface area contributed by atoms with Crippen molar-refractivity contribution in [3.05, 3.63) is 0 Å². The Kier molecular flexibility index (Phi) is 9.07. The van der Waals surface area contributed by atoms with Crippen LogP contribution in [0.15, 0.2) is 0 Å². The highest BCUT2D eigenvalue weighted by Crippen LogP contribution is 2.20. The van der Waals surface area contributed by atoms with Crippen molar-refractivity contribution in [2.75, 3.05) is 0 Å². The molecular weight excluding hydrogens is 387 g/mol. The van der Waals surface area contributed by atoms with E-state index in [-0.39, 0.29) is 0 Å². The number of nitrogens with one attached hydrogen (secondary N) is 3. The molecule has 0 aromatic carbocycles. The second kappa shape index (κ2) is 9.02. The summed E-state index contributed by atoms with van der Waals surface area (Å²) in [7, 11) is -5.84. The van der Waals surface area contributed by atoms with Crippen molar-refractivity contribution in [1.82, 2.24) is 10.6 Å². The van der Waals surface area contributed by atoms with Gasteiger partial charge in [-0.3, -0.25) is 20.6 Å². The smallest absolute Gasteiger partial charge is 0.444 e. The maximum atomic E-state index is 11.3. The summed E-state index contributed by atoms with van der Waals surface area (Å²) in [6, 6.07) is 0. The fourth-order valence-electron chi connectivity index (χ4n) is 0.843. The average Bonchev–Trinajstić information content (AvgIpc) is 2.19. The van der Waals surface area contributed by atoms with Crippen LogP contribution >= 0.6 is 0 Å². The summed E-state index contributed by atoms with van der Waals surface area (Å²) in [4.78, 5) is 22.5. The van der Waals surface area contributed by atoms with E-state index in [1.165, 1.54) is 0 Å². The Morgan fingerprint density at radius 1 is 0.885 bits per heavy atom. The van der Waals surface area contributed by atoms with Crippen molar-refractivity contribution >= 4 is 28.3 Å². The van der Waals surface area contributed by atoms with Gasteiger partial charge in [0.2, 0.25) is 5.96 Å². The molecule has 0 aliphatic carbocycles. The first-order chi connectivity index (χ1) is 11.1. The van der Waals surface area contributed by atoms with Crippen LogP contribution in [-0.4, -0.2) is 47.8 Å². The van der Waals surface area contributed by atoms with Crippen molar-refractivity contribution in [3.63, 3.8) is 0 Å². The number of alkyl halides is 3. The van der Waals surface area contributed by atoms with Gasteiger partial charge in [-0.1, -0.05) is 0 Å². The standard InChI is InChI=1S/C11H21N3O4.CHF3O3S/c1-10(2,3)17-8(15)13-7(12)14-9(16)18-11(4,5)6;2-1(3,4)8(5,6)7/h1-6H3,(H3,12,13,14,15,16);(H,5,6,7). The minimum absolute atomic E-state index is 0.501. The van der Waals surface area contributed by atoms with Gasteiger partial charge in [-0.15, -0.1) is 0 Å². The number of amides is 2. The molecule has 26 heavy (non-hydrogen) atoms. The Hall–Kier alpha value is -2.09. The summed E-state index contributed by atoms with van der Waals surface area (Å²) >= 11 is 0. The molecule has 10 nitrogen and oxygen atoms in total. The van der Waals surface area contributed by atoms with Crippen molar-refractivity contribution in [1.29, 1.82) is 5.41 Å². The lowest BCUT2D eigenvalue weighted by Gasteiger charge is -2.21. The monoisotopic (exact) mass is 409 g/mol. The summed E-state index contributed by atoms with van der Waals surface area (Å²) in [6.45, 7) is 10.2. The van der Waals surface area contributed by atoms with Crippen LogP contribution in [-0.2, 0) is 19.6 Å². The fraction of sp³-hybridized carbons (Fsp3) is 0.750. The van der Waals surface area contributed by atoms with Gasteiger partial charge in [-0.25, -0.2) is 9.59 Å². The molecule has 2 amide bonds. The second-order valence-electron chi connectivity index (χ2n) is 6.55. The van der Waals surface area contributed by atoms with Crippen LogP contribution in [0, 0.1) is 5.41 Å². The molecule has 0 saturated heterocycles.